The Morgan fingerprint density at radius 3 is 2.81 bits per heavy atom. The van der Waals surface area contributed by atoms with Crippen LogP contribution in [0.15, 0.2) is 43.0 Å². The number of nitriles is 1. The minimum atomic E-state index is -0.338. The van der Waals surface area contributed by atoms with Crippen molar-refractivity contribution in [3.8, 4) is 11.9 Å². The quantitative estimate of drug-likeness (QED) is 0.405. The molecule has 0 bridgehead atoms. The predicted molar refractivity (Wildman–Crippen MR) is 119 cm³/mol. The zero-order valence-corrected chi connectivity index (χ0v) is 20.3. The van der Waals surface area contributed by atoms with Crippen LogP contribution in [-0.2, 0) is 0 Å². The number of carbonyl (C=O) groups excluding carboxylic acids is 1. The first-order valence-corrected chi connectivity index (χ1v) is 14.4. The number of rotatable bonds is 4. The number of fused-ring (bicyclic) bond motifs is 1. The van der Waals surface area contributed by atoms with Crippen molar-refractivity contribution >= 4 is 38.5 Å². The number of anilines is 1. The van der Waals surface area contributed by atoms with Crippen LogP contribution in [0.2, 0.25) is 8.87 Å². The Kier molecular flexibility index (Phi) is 5.61. The molecule has 0 unspecified atom stereocenters. The van der Waals surface area contributed by atoms with Gasteiger partial charge in [-0.15, -0.1) is 0 Å². The molecular formula is C22H20N8OSn. The van der Waals surface area contributed by atoms with Crippen molar-refractivity contribution in [2.75, 3.05) is 5.32 Å². The monoisotopic (exact) mass is 532 g/mol. The summed E-state index contributed by atoms with van der Waals surface area (Å²) in [6, 6.07) is 7.86. The first-order valence-electron chi connectivity index (χ1n) is 10.4. The molecule has 1 aliphatic heterocycles. The Morgan fingerprint density at radius 1 is 1.22 bits per heavy atom. The first-order chi connectivity index (χ1) is 15.6. The van der Waals surface area contributed by atoms with E-state index in [2.05, 4.69) is 20.4 Å². The normalized spacial score (nSPS) is 14.4. The van der Waals surface area contributed by atoms with Gasteiger partial charge in [0, 0.05) is 0 Å². The fourth-order valence-electron chi connectivity index (χ4n) is 3.84. The molecule has 5 rings (SSSR count). The Morgan fingerprint density at radius 2 is 2.06 bits per heavy atom. The molecule has 4 aromatic heterocycles. The summed E-state index contributed by atoms with van der Waals surface area (Å²) >= 11 is -0.173. The Hall–Kier alpha value is -3.26. The molecule has 4 aromatic rings. The van der Waals surface area contributed by atoms with Crippen molar-refractivity contribution in [2.45, 2.75) is 34.6 Å². The van der Waals surface area contributed by atoms with Gasteiger partial charge in [-0.3, -0.25) is 0 Å². The van der Waals surface area contributed by atoms with Gasteiger partial charge in [0.1, 0.15) is 6.07 Å². The maximum absolute atomic E-state index is 13.1. The van der Waals surface area contributed by atoms with E-state index in [1.165, 1.54) is 38.6 Å². The van der Waals surface area contributed by atoms with E-state index in [-0.39, 0.29) is 27.0 Å². The zero-order valence-electron chi connectivity index (χ0n) is 17.5. The van der Waals surface area contributed by atoms with Crippen molar-refractivity contribution in [3.63, 3.8) is 0 Å². The minimum absolute atomic E-state index is 0.173. The first kappa shape index (κ1) is 20.6. The van der Waals surface area contributed by atoms with E-state index in [0.29, 0.717) is 34.3 Å². The Labute approximate surface area is 194 Å². The average Bonchev–Trinajstić information content (AvgIpc) is 3.44. The molecule has 2 radical (unpaired) electrons. The summed E-state index contributed by atoms with van der Waals surface area (Å²) in [7, 11) is 0. The van der Waals surface area contributed by atoms with E-state index < -0.39 is 0 Å². The van der Waals surface area contributed by atoms with Crippen molar-refractivity contribution in [1.82, 2.24) is 29.4 Å². The number of carbonyl (C=O) groups is 1. The number of hydrogen-bond donors (Lipinski definition) is 1. The molecule has 0 spiro atoms. The maximum atomic E-state index is 13.1. The van der Waals surface area contributed by atoms with Crippen LogP contribution in [0.4, 0.5) is 5.82 Å². The summed E-state index contributed by atoms with van der Waals surface area (Å²) in [4.78, 5) is 21.9. The SMILES string of the molecule is Cc1ccc(-n2nc(C3C[CH2][Sn][CH2]C3)cc2NC(=O)c2cnn3cc(C#N)cnc23)nc1. The van der Waals surface area contributed by atoms with Crippen LogP contribution in [0.1, 0.15) is 45.9 Å². The second-order valence-corrected chi connectivity index (χ2v) is 12.1. The molecule has 1 fully saturated rings. The van der Waals surface area contributed by atoms with Crippen molar-refractivity contribution < 1.29 is 4.79 Å². The third-order valence-corrected chi connectivity index (χ3v) is 9.24. The van der Waals surface area contributed by atoms with Gasteiger partial charge in [-0.05, 0) is 0 Å². The average molecular weight is 531 g/mol. The van der Waals surface area contributed by atoms with Gasteiger partial charge in [0.2, 0.25) is 0 Å². The van der Waals surface area contributed by atoms with Gasteiger partial charge in [0.15, 0.2) is 0 Å². The number of amides is 1. The molecule has 10 heteroatoms. The van der Waals surface area contributed by atoms with Crippen molar-refractivity contribution in [1.29, 1.82) is 5.26 Å². The van der Waals surface area contributed by atoms with Gasteiger partial charge in [0.25, 0.3) is 0 Å². The van der Waals surface area contributed by atoms with Gasteiger partial charge >= 0.3 is 178 Å². The van der Waals surface area contributed by atoms with Gasteiger partial charge in [0.05, 0.1) is 5.56 Å². The second kappa shape index (κ2) is 8.70. The van der Waals surface area contributed by atoms with Gasteiger partial charge < -0.3 is 0 Å². The zero-order chi connectivity index (χ0) is 22.1. The molecule has 0 aliphatic carbocycles. The van der Waals surface area contributed by atoms with Crippen LogP contribution >= 0.6 is 0 Å². The van der Waals surface area contributed by atoms with Crippen LogP contribution in [0.25, 0.3) is 11.5 Å². The van der Waals surface area contributed by atoms with E-state index in [9.17, 15) is 4.79 Å². The number of nitrogens with zero attached hydrogens (tertiary/aromatic N) is 7. The third-order valence-electron chi connectivity index (χ3n) is 5.57. The number of pyridine rings is 1. The van der Waals surface area contributed by atoms with Gasteiger partial charge in [-0.1, -0.05) is 0 Å². The number of nitrogens with one attached hydrogen (secondary N) is 1. The van der Waals surface area contributed by atoms with E-state index in [4.69, 9.17) is 10.4 Å². The van der Waals surface area contributed by atoms with Crippen LogP contribution in [0.3, 0.4) is 0 Å². The summed E-state index contributed by atoms with van der Waals surface area (Å²) in [5, 5.41) is 21.0. The molecule has 1 saturated heterocycles. The Bertz CT molecular complexity index is 1330. The van der Waals surface area contributed by atoms with E-state index in [0.717, 1.165) is 11.3 Å². The predicted octanol–water partition coefficient (Wildman–Crippen LogP) is 3.16. The molecule has 1 N–H and O–H groups in total. The van der Waals surface area contributed by atoms with Crippen molar-refractivity contribution in [2.24, 2.45) is 0 Å². The van der Waals surface area contributed by atoms with E-state index in [1.807, 2.05) is 31.2 Å². The number of aromatic nitrogens is 6. The molecule has 0 atom stereocenters. The molecule has 0 saturated carbocycles. The van der Waals surface area contributed by atoms with E-state index >= 15 is 0 Å². The summed E-state index contributed by atoms with van der Waals surface area (Å²) in [5.74, 6) is 1.31. The molecule has 5 heterocycles. The summed E-state index contributed by atoms with van der Waals surface area (Å²) in [6.45, 7) is 1.98. The van der Waals surface area contributed by atoms with Crippen LogP contribution in [-0.4, -0.2) is 56.4 Å². The van der Waals surface area contributed by atoms with Crippen LogP contribution < -0.4 is 5.32 Å². The third kappa shape index (κ3) is 3.98. The molecule has 1 amide bonds. The number of hydrogen-bond acceptors (Lipinski definition) is 6. The summed E-state index contributed by atoms with van der Waals surface area (Å²) in [6.07, 6.45) is 8.58. The van der Waals surface area contributed by atoms with Crippen molar-refractivity contribution in [3.05, 3.63) is 65.4 Å². The molecule has 1 aliphatic rings. The Balaban J connectivity index is 1.50. The molecular weight excluding hydrogens is 511 g/mol. The fourth-order valence-corrected chi connectivity index (χ4v) is 7.71. The summed E-state index contributed by atoms with van der Waals surface area (Å²) < 4.78 is 5.87. The number of aryl methyl sites for hydroxylation is 1. The molecule has 0 aromatic carbocycles. The van der Waals surface area contributed by atoms with Crippen LogP contribution in [0, 0.1) is 18.3 Å². The van der Waals surface area contributed by atoms with E-state index in [1.54, 1.807) is 17.1 Å². The molecule has 9 nitrogen and oxygen atoms in total. The topological polar surface area (TPSA) is 114 Å². The van der Waals surface area contributed by atoms with Crippen LogP contribution in [0.5, 0.6) is 0 Å². The summed E-state index contributed by atoms with van der Waals surface area (Å²) in [5.41, 5.74) is 3.14. The standard InChI is InChI=1S/C22H20N8O.Sn/c1-4-16(5-2)18-8-20(30(28-18)19-7-6-14(3)10-24-19)27-22(31)17-12-26-29-13-15(9-23)11-25-21(17)29;/h6-8,10-13,16H,1-2,4-5H2,3H3,(H,27,31);. The molecule has 32 heavy (non-hydrogen) atoms. The van der Waals surface area contributed by atoms with Gasteiger partial charge in [-0.25, -0.2) is 0 Å². The fraction of sp³-hybridized carbons (Fsp3) is 0.273. The second-order valence-electron chi connectivity index (χ2n) is 7.82. The molecule has 158 valence electrons. The van der Waals surface area contributed by atoms with Gasteiger partial charge in [-0.2, -0.15) is 5.26 Å².